The lowest BCUT2D eigenvalue weighted by molar-refractivity contribution is -0.137. The van der Waals surface area contributed by atoms with Crippen LogP contribution < -0.4 is 11.1 Å². The van der Waals surface area contributed by atoms with Gasteiger partial charge in [-0.1, -0.05) is 6.92 Å². The van der Waals surface area contributed by atoms with Crippen LogP contribution in [0.15, 0.2) is 23.2 Å². The van der Waals surface area contributed by atoms with Gasteiger partial charge in [0.15, 0.2) is 5.82 Å². The third-order valence-corrected chi connectivity index (χ3v) is 6.44. The summed E-state index contributed by atoms with van der Waals surface area (Å²) in [7, 11) is 0. The molecule has 0 atom stereocenters. The van der Waals surface area contributed by atoms with E-state index in [0.29, 0.717) is 30.5 Å². The van der Waals surface area contributed by atoms with E-state index >= 15 is 0 Å². The van der Waals surface area contributed by atoms with E-state index in [4.69, 9.17) is 17.3 Å². The van der Waals surface area contributed by atoms with Gasteiger partial charge in [0.25, 0.3) is 0 Å². The van der Waals surface area contributed by atoms with E-state index < -0.39 is 11.7 Å². The van der Waals surface area contributed by atoms with Crippen molar-refractivity contribution in [1.29, 1.82) is 0 Å². The molecule has 2 aliphatic rings. The first-order valence-corrected chi connectivity index (χ1v) is 12.2. The number of Topliss-reactive ketones (excluding diaryl/α,β-unsaturated/α-hetero) is 1. The molecule has 0 bridgehead atoms. The first kappa shape index (κ1) is 27.1. The summed E-state index contributed by atoms with van der Waals surface area (Å²) in [6, 6.07) is 3.19. The Kier molecular flexibility index (Phi) is 8.88. The molecule has 4 rings (SSSR count). The van der Waals surface area contributed by atoms with E-state index in [0.717, 1.165) is 17.5 Å². The summed E-state index contributed by atoms with van der Waals surface area (Å²) < 4.78 is 38.8. The molecule has 1 aliphatic heterocycles. The quantitative estimate of drug-likeness (QED) is 0.295. The number of piperidine rings is 1. The molecule has 35 heavy (non-hydrogen) atoms. The van der Waals surface area contributed by atoms with E-state index in [1.54, 1.807) is 0 Å². The third-order valence-electron chi connectivity index (χ3n) is 6.27. The number of aryl methyl sites for hydroxylation is 1. The fourth-order valence-electron chi connectivity index (χ4n) is 4.14. The van der Waals surface area contributed by atoms with Crippen molar-refractivity contribution in [2.45, 2.75) is 65.0 Å². The highest BCUT2D eigenvalue weighted by Crippen LogP contribution is 2.50. The Hall–Kier alpha value is -2.52. The van der Waals surface area contributed by atoms with Crippen molar-refractivity contribution in [3.63, 3.8) is 0 Å². The first-order chi connectivity index (χ1) is 16.5. The molecule has 6 nitrogen and oxygen atoms in total. The van der Waals surface area contributed by atoms with E-state index in [1.165, 1.54) is 58.0 Å². The molecular weight excluding hydrogens is 479 g/mol. The second-order valence-corrected chi connectivity index (χ2v) is 9.56. The molecule has 1 saturated carbocycles. The lowest BCUT2D eigenvalue weighted by Gasteiger charge is -2.21. The van der Waals surface area contributed by atoms with E-state index in [9.17, 15) is 18.0 Å². The van der Waals surface area contributed by atoms with Crippen LogP contribution >= 0.6 is 11.6 Å². The summed E-state index contributed by atoms with van der Waals surface area (Å²) in [6.07, 6.45) is 3.87. The predicted molar refractivity (Wildman–Crippen MR) is 132 cm³/mol. The summed E-state index contributed by atoms with van der Waals surface area (Å²) in [5, 5.41) is 3.40. The van der Waals surface area contributed by atoms with Crippen LogP contribution in [-0.2, 0) is 23.8 Å². The smallest absolute Gasteiger partial charge is 0.399 e. The minimum atomic E-state index is -4.51. The number of rotatable bonds is 6. The van der Waals surface area contributed by atoms with Gasteiger partial charge in [-0.05, 0) is 92.8 Å². The number of hydrogen-bond acceptors (Lipinski definition) is 6. The van der Waals surface area contributed by atoms with Crippen LogP contribution in [0.4, 0.5) is 24.7 Å². The zero-order valence-electron chi connectivity index (χ0n) is 20.0. The Morgan fingerprint density at radius 2 is 2.00 bits per heavy atom. The number of nitrogens with two attached hydrogens (primary N) is 1. The number of hydrogen-bond donors (Lipinski definition) is 2. The minimum Gasteiger partial charge on any atom is -0.399 e. The van der Waals surface area contributed by atoms with Gasteiger partial charge in [0.05, 0.1) is 11.3 Å². The van der Waals surface area contributed by atoms with Gasteiger partial charge in [0.2, 0.25) is 5.28 Å². The predicted octanol–water partition coefficient (Wildman–Crippen LogP) is 5.72. The Morgan fingerprint density at radius 3 is 2.54 bits per heavy atom. The zero-order chi connectivity index (χ0) is 25.6. The summed E-state index contributed by atoms with van der Waals surface area (Å²) in [6.45, 7) is 5.92. The standard InChI is InChI=1S/C18H18ClF3N4O.C7H13N/c1-3-14-15(5-4-10(2)27)25-17(19)26-16(14)24-9-11-6-12(18(20,21)22)8-13(23)7-11;1-2-7(3-4-7)6-8-5-1/h6-9H,3-5,23H2,1-2H3;8H,1-6H2. The lowest BCUT2D eigenvalue weighted by Crippen LogP contribution is -2.30. The van der Waals surface area contributed by atoms with Crippen LogP contribution in [0.1, 0.15) is 68.3 Å². The number of nitrogen functional groups attached to an aromatic ring is 1. The van der Waals surface area contributed by atoms with Gasteiger partial charge in [-0.15, -0.1) is 0 Å². The first-order valence-electron chi connectivity index (χ1n) is 11.8. The van der Waals surface area contributed by atoms with Crippen molar-refractivity contribution in [3.05, 3.63) is 45.9 Å². The van der Waals surface area contributed by atoms with E-state index in [2.05, 4.69) is 20.3 Å². The van der Waals surface area contributed by atoms with E-state index in [-0.39, 0.29) is 28.1 Å². The molecule has 2 fully saturated rings. The molecule has 1 aromatic carbocycles. The number of carbonyl (C=O) groups excluding carboxylic acids is 1. The molecule has 0 unspecified atom stereocenters. The Bertz CT molecular complexity index is 1080. The SMILES string of the molecule is C1CNCC2(C1)CC2.CCc1c(CCC(C)=O)nc(Cl)nc1N=Cc1cc(N)cc(C(F)(F)F)c1. The molecular formula is C25H31ClF3N5O. The summed E-state index contributed by atoms with van der Waals surface area (Å²) in [4.78, 5) is 23.6. The van der Waals surface area contributed by atoms with Crippen molar-refractivity contribution in [1.82, 2.24) is 15.3 Å². The Labute approximate surface area is 208 Å². The number of benzene rings is 1. The fraction of sp³-hybridized carbons (Fsp3) is 0.520. The number of anilines is 1. The summed E-state index contributed by atoms with van der Waals surface area (Å²) in [5.74, 6) is 0.267. The molecule has 0 amide bonds. The monoisotopic (exact) mass is 509 g/mol. The number of nitrogens with zero attached hydrogens (tertiary/aromatic N) is 3. The highest BCUT2D eigenvalue weighted by molar-refractivity contribution is 6.28. The largest absolute Gasteiger partial charge is 0.416 e. The second-order valence-electron chi connectivity index (χ2n) is 9.22. The second kappa shape index (κ2) is 11.5. The van der Waals surface area contributed by atoms with Crippen LogP contribution in [0, 0.1) is 5.41 Å². The van der Waals surface area contributed by atoms with Crippen molar-refractivity contribution >= 4 is 35.1 Å². The molecule has 2 aromatic rings. The average molecular weight is 510 g/mol. The van der Waals surface area contributed by atoms with Gasteiger partial charge in [0.1, 0.15) is 5.78 Å². The Morgan fingerprint density at radius 1 is 1.26 bits per heavy atom. The van der Waals surface area contributed by atoms with Gasteiger partial charge in [0, 0.05) is 30.4 Å². The maximum Gasteiger partial charge on any atom is 0.416 e. The van der Waals surface area contributed by atoms with Gasteiger partial charge in [-0.2, -0.15) is 18.2 Å². The minimum absolute atomic E-state index is 0.0104. The number of alkyl halides is 3. The molecule has 1 saturated heterocycles. The van der Waals surface area contributed by atoms with Gasteiger partial charge < -0.3 is 15.8 Å². The molecule has 2 heterocycles. The number of carbonyl (C=O) groups is 1. The van der Waals surface area contributed by atoms with Gasteiger partial charge >= 0.3 is 6.18 Å². The molecule has 190 valence electrons. The van der Waals surface area contributed by atoms with Crippen LogP contribution in [0.2, 0.25) is 5.28 Å². The number of halogens is 4. The fourth-order valence-corrected chi connectivity index (χ4v) is 4.32. The van der Waals surface area contributed by atoms with Crippen LogP contribution in [0.25, 0.3) is 0 Å². The zero-order valence-corrected chi connectivity index (χ0v) is 20.8. The highest BCUT2D eigenvalue weighted by Gasteiger charge is 2.42. The highest BCUT2D eigenvalue weighted by atomic mass is 35.5. The molecule has 0 radical (unpaired) electrons. The summed E-state index contributed by atoms with van der Waals surface area (Å²) in [5.41, 5.74) is 6.97. The number of aliphatic imine (C=N–C) groups is 1. The Balaban J connectivity index is 0.000000355. The van der Waals surface area contributed by atoms with Gasteiger partial charge in [-0.3, -0.25) is 0 Å². The summed E-state index contributed by atoms with van der Waals surface area (Å²) >= 11 is 5.94. The van der Waals surface area contributed by atoms with Crippen LogP contribution in [0.3, 0.4) is 0 Å². The van der Waals surface area contributed by atoms with Crippen molar-refractivity contribution in [2.24, 2.45) is 10.4 Å². The van der Waals surface area contributed by atoms with Crippen molar-refractivity contribution in [3.8, 4) is 0 Å². The molecule has 1 spiro atoms. The van der Waals surface area contributed by atoms with Crippen molar-refractivity contribution in [2.75, 3.05) is 18.8 Å². The van der Waals surface area contributed by atoms with Crippen LogP contribution in [-0.4, -0.2) is 35.1 Å². The maximum absolute atomic E-state index is 12.9. The van der Waals surface area contributed by atoms with Crippen LogP contribution in [0.5, 0.6) is 0 Å². The molecule has 3 N–H and O–H groups in total. The molecule has 1 aliphatic carbocycles. The average Bonchev–Trinajstić information content (AvgIpc) is 3.54. The van der Waals surface area contributed by atoms with Crippen molar-refractivity contribution < 1.29 is 18.0 Å². The van der Waals surface area contributed by atoms with E-state index in [1.807, 2.05) is 6.92 Å². The normalized spacial score (nSPS) is 16.7. The number of nitrogens with one attached hydrogen (secondary N) is 1. The topological polar surface area (TPSA) is 93.3 Å². The lowest BCUT2D eigenvalue weighted by atomic mass is 9.97. The molecule has 10 heteroatoms. The number of ketones is 1. The molecule has 1 aromatic heterocycles. The number of aromatic nitrogens is 2. The maximum atomic E-state index is 12.9. The third kappa shape index (κ3) is 8.00. The van der Waals surface area contributed by atoms with Gasteiger partial charge in [-0.25, -0.2) is 9.98 Å².